The lowest BCUT2D eigenvalue weighted by Crippen LogP contribution is -2.49. The molecule has 11 N–H and O–H groups in total. The number of nitrogens with one attached hydrogen (secondary N) is 4. The summed E-state index contributed by atoms with van der Waals surface area (Å²) in [6.07, 6.45) is -4.01. The highest BCUT2D eigenvalue weighted by atomic mass is 127. The molecule has 0 aliphatic carbocycles. The summed E-state index contributed by atoms with van der Waals surface area (Å²) in [7, 11) is 2.80. The molecule has 0 aliphatic rings. The molecule has 346 valence electrons. The number of hydrogen-bond acceptors (Lipinski definition) is 16. The number of rotatable bonds is 25. The van der Waals surface area contributed by atoms with Crippen molar-refractivity contribution in [3.63, 3.8) is 0 Å². The molecule has 0 spiro atoms. The van der Waals surface area contributed by atoms with Crippen molar-refractivity contribution in [1.29, 1.82) is 0 Å². The number of hydrazine groups is 1. The molecule has 0 heterocycles. The van der Waals surface area contributed by atoms with E-state index in [4.69, 9.17) is 9.47 Å². The minimum absolute atomic E-state index is 0.0415. The van der Waals surface area contributed by atoms with Gasteiger partial charge in [-0.25, -0.2) is 5.43 Å². The first-order valence-electron chi connectivity index (χ1n) is 17.9. The molecular weight excluding hydrogens is 1510 g/mol. The third-order valence-corrected chi connectivity index (χ3v) is 14.7. The van der Waals surface area contributed by atoms with Crippen molar-refractivity contribution in [3.8, 4) is 0 Å². The molecule has 62 heavy (non-hydrogen) atoms. The monoisotopic (exact) mass is 1550 g/mol. The van der Waals surface area contributed by atoms with Gasteiger partial charge in [-0.3, -0.25) is 33.8 Å². The SMILES string of the molecule is COCCNN(CC(O)CO)C(=O)c1c(I)c(C(=O)CO)c(I)c(C(=O)NCC(=O)N(CCOC)c2c(I)c(C(=O)NCC(O)CO)c(I)c(C(=O)NCC(O)CO)c2I)c1I. The highest BCUT2D eigenvalue weighted by molar-refractivity contribution is 14.1. The van der Waals surface area contributed by atoms with Crippen LogP contribution in [-0.2, 0) is 14.3 Å². The number of methoxy groups -OCH3 is 2. The van der Waals surface area contributed by atoms with E-state index >= 15 is 0 Å². The third kappa shape index (κ3) is 15.2. The molecule has 3 unspecified atom stereocenters. The number of hydrogen-bond donors (Lipinski definition) is 11. The van der Waals surface area contributed by atoms with Crippen molar-refractivity contribution in [2.75, 3.05) is 98.0 Å². The number of halogens is 6. The Morgan fingerprint density at radius 2 is 1.03 bits per heavy atom. The number of nitrogens with zero attached hydrogens (tertiary/aromatic N) is 2. The second-order valence-corrected chi connectivity index (χ2v) is 19.1. The van der Waals surface area contributed by atoms with Gasteiger partial charge in [0, 0.05) is 60.2 Å². The van der Waals surface area contributed by atoms with Gasteiger partial charge in [0.2, 0.25) is 5.91 Å². The highest BCUT2D eigenvalue weighted by Crippen LogP contribution is 2.38. The fourth-order valence-corrected chi connectivity index (χ4v) is 14.6. The zero-order chi connectivity index (χ0) is 47.0. The van der Waals surface area contributed by atoms with E-state index < -0.39 is 93.1 Å². The van der Waals surface area contributed by atoms with Crippen molar-refractivity contribution in [1.82, 2.24) is 26.4 Å². The standard InChI is InChI=1S/C35H44I6N6O15/c1-61-5-3-45-47(10-17(54)13-50)35(60)24-26(37)20(18(55)14-51)25(36)21(28(24)39)32(57)44-9-19(56)46(4-6-62-2)31-29(40)22(33(58)42-7-15(52)11-48)27(38)23(30(31)41)34(59)43-8-16(53)12-49/h15-17,45,48-54H,3-14H2,1-2H3,(H,42,58)(H,43,59)(H,44,57). The van der Waals surface area contributed by atoms with Crippen LogP contribution in [-0.4, -0.2) is 188 Å². The van der Waals surface area contributed by atoms with Crippen LogP contribution < -0.4 is 26.3 Å². The lowest BCUT2D eigenvalue weighted by atomic mass is 10.0. The van der Waals surface area contributed by atoms with Crippen LogP contribution in [0.3, 0.4) is 0 Å². The molecule has 3 atom stereocenters. The molecule has 2 aromatic rings. The van der Waals surface area contributed by atoms with Gasteiger partial charge in [0.25, 0.3) is 23.6 Å². The second-order valence-electron chi connectivity index (χ2n) is 12.7. The second kappa shape index (κ2) is 28.6. The predicted molar refractivity (Wildman–Crippen MR) is 272 cm³/mol. The van der Waals surface area contributed by atoms with Crippen molar-refractivity contribution in [2.24, 2.45) is 0 Å². The molecular formula is C35H44I6N6O15. The molecule has 0 aromatic heterocycles. The maximum atomic E-state index is 14.3. The summed E-state index contributed by atoms with van der Waals surface area (Å²) in [4.78, 5) is 84.3. The zero-order valence-electron chi connectivity index (χ0n) is 32.8. The number of aliphatic hydroxyl groups excluding tert-OH is 7. The Morgan fingerprint density at radius 1 is 0.597 bits per heavy atom. The molecule has 2 rings (SSSR count). The number of anilines is 1. The third-order valence-electron chi connectivity index (χ3n) is 8.29. The van der Waals surface area contributed by atoms with Crippen LogP contribution in [0.2, 0.25) is 0 Å². The number of carbonyl (C=O) groups excluding carboxylic acids is 6. The van der Waals surface area contributed by atoms with Crippen LogP contribution >= 0.6 is 136 Å². The predicted octanol–water partition coefficient (Wildman–Crippen LogP) is -0.989. The Balaban J connectivity index is 2.79. The van der Waals surface area contributed by atoms with Gasteiger partial charge in [-0.2, -0.15) is 0 Å². The van der Waals surface area contributed by atoms with Gasteiger partial charge < -0.3 is 66.1 Å². The molecule has 0 saturated heterocycles. The van der Waals surface area contributed by atoms with Crippen molar-refractivity contribution in [3.05, 3.63) is 49.2 Å². The fourth-order valence-electron chi connectivity index (χ4n) is 5.18. The Kier molecular flexibility index (Phi) is 26.5. The van der Waals surface area contributed by atoms with Crippen LogP contribution in [0.4, 0.5) is 5.69 Å². The Hall–Kier alpha value is -0.560. The van der Waals surface area contributed by atoms with E-state index in [1.807, 2.05) is 45.2 Å². The van der Waals surface area contributed by atoms with Gasteiger partial charge in [-0.1, -0.05) is 0 Å². The number of carbonyl (C=O) groups is 6. The number of amides is 5. The maximum Gasteiger partial charge on any atom is 0.270 e. The van der Waals surface area contributed by atoms with Crippen molar-refractivity contribution >= 4 is 177 Å². The summed E-state index contributed by atoms with van der Waals surface area (Å²) in [5, 5.41) is 76.6. The largest absolute Gasteiger partial charge is 0.394 e. The minimum atomic E-state index is -1.38. The van der Waals surface area contributed by atoms with Crippen molar-refractivity contribution in [2.45, 2.75) is 18.3 Å². The van der Waals surface area contributed by atoms with E-state index in [-0.39, 0.29) is 94.3 Å². The van der Waals surface area contributed by atoms with Crippen LogP contribution in [0.5, 0.6) is 0 Å². The van der Waals surface area contributed by atoms with Crippen molar-refractivity contribution < 1.29 is 74.0 Å². The normalized spacial score (nSPS) is 12.6. The van der Waals surface area contributed by atoms with E-state index in [1.54, 1.807) is 90.4 Å². The zero-order valence-corrected chi connectivity index (χ0v) is 45.7. The molecule has 21 nitrogen and oxygen atoms in total. The summed E-state index contributed by atoms with van der Waals surface area (Å²) in [6.45, 7) is -4.88. The number of Topliss-reactive ketones (excluding diaryl/α,β-unsaturated/α-hetero) is 1. The van der Waals surface area contributed by atoms with E-state index in [0.717, 1.165) is 5.01 Å². The quantitative estimate of drug-likeness (QED) is 0.0246. The average Bonchev–Trinajstić information content (AvgIpc) is 3.23. The van der Waals surface area contributed by atoms with Gasteiger partial charge in [0.1, 0.15) is 6.61 Å². The fraction of sp³-hybridized carbons (Fsp3) is 0.486. The number of ketones is 1. The maximum absolute atomic E-state index is 14.3. The van der Waals surface area contributed by atoms with Crippen LogP contribution in [0.25, 0.3) is 0 Å². The first-order chi connectivity index (χ1) is 29.3. The minimum Gasteiger partial charge on any atom is -0.394 e. The molecule has 0 radical (unpaired) electrons. The van der Waals surface area contributed by atoms with E-state index in [2.05, 4.69) is 21.4 Å². The Bertz CT molecular complexity index is 1910. The molecule has 5 amide bonds. The highest BCUT2D eigenvalue weighted by Gasteiger charge is 2.35. The smallest absolute Gasteiger partial charge is 0.270 e. The summed E-state index contributed by atoms with van der Waals surface area (Å²) >= 11 is 10.6. The van der Waals surface area contributed by atoms with Gasteiger partial charge >= 0.3 is 0 Å². The molecule has 0 fully saturated rings. The molecule has 0 aliphatic heterocycles. The topological polar surface area (TPSA) is 317 Å². The summed E-state index contributed by atoms with van der Waals surface area (Å²) < 4.78 is 11.0. The lowest BCUT2D eigenvalue weighted by molar-refractivity contribution is -0.117. The van der Waals surface area contributed by atoms with E-state index in [0.29, 0.717) is 0 Å². The number of aliphatic hydroxyl groups is 7. The molecule has 2 aromatic carbocycles. The van der Waals surface area contributed by atoms with Gasteiger partial charge in [-0.15, -0.1) is 0 Å². The molecule has 27 heteroatoms. The number of benzene rings is 2. The van der Waals surface area contributed by atoms with E-state index in [9.17, 15) is 64.5 Å². The van der Waals surface area contributed by atoms with Crippen LogP contribution in [0.15, 0.2) is 0 Å². The average molecular weight is 1550 g/mol. The molecule has 0 saturated carbocycles. The van der Waals surface area contributed by atoms with Crippen LogP contribution in [0, 0.1) is 21.4 Å². The first-order valence-corrected chi connectivity index (χ1v) is 24.4. The van der Waals surface area contributed by atoms with Gasteiger partial charge in [0.05, 0.1) is 99.5 Å². The summed E-state index contributed by atoms with van der Waals surface area (Å²) in [5.74, 6) is -4.88. The summed E-state index contributed by atoms with van der Waals surface area (Å²) in [6, 6.07) is 0. The Labute approximate surface area is 437 Å². The van der Waals surface area contributed by atoms with E-state index in [1.165, 1.54) is 19.1 Å². The Morgan fingerprint density at radius 3 is 1.50 bits per heavy atom. The number of ether oxygens (including phenoxy) is 2. The van der Waals surface area contributed by atoms with Gasteiger partial charge in [-0.05, 0) is 136 Å². The lowest BCUT2D eigenvalue weighted by Gasteiger charge is -2.29. The first kappa shape index (κ1) is 57.6. The summed E-state index contributed by atoms with van der Waals surface area (Å²) in [5.41, 5.74) is 2.17. The van der Waals surface area contributed by atoms with Gasteiger partial charge in [0.15, 0.2) is 5.78 Å². The van der Waals surface area contributed by atoms with Crippen LogP contribution in [0.1, 0.15) is 51.8 Å². The molecule has 0 bridgehead atoms.